The summed E-state index contributed by atoms with van der Waals surface area (Å²) in [6.45, 7) is 1.96. The minimum absolute atomic E-state index is 0.0222. The van der Waals surface area contributed by atoms with Crippen molar-refractivity contribution >= 4 is 23.2 Å². The molecule has 10 heteroatoms. The van der Waals surface area contributed by atoms with Crippen LogP contribution >= 0.6 is 0 Å². The molecule has 4 atom stereocenters. The summed E-state index contributed by atoms with van der Waals surface area (Å²) in [5, 5.41) is 45.6. The van der Waals surface area contributed by atoms with Crippen molar-refractivity contribution in [3.05, 3.63) is 80.8 Å². The van der Waals surface area contributed by atoms with Crippen LogP contribution in [0.4, 0.5) is 5.69 Å². The molecule has 0 fully saturated rings. The third kappa shape index (κ3) is 4.16. The van der Waals surface area contributed by atoms with E-state index >= 15 is 0 Å². The fourth-order valence-electron chi connectivity index (χ4n) is 6.57. The number of nitrogens with zero attached hydrogens (tertiary/aromatic N) is 2. The molecular weight excluding hydrogens is 538 g/mol. The zero-order chi connectivity index (χ0) is 30.8. The Labute approximate surface area is 243 Å². The Morgan fingerprint density at radius 1 is 1.05 bits per heavy atom. The minimum atomic E-state index is -2.69. The highest BCUT2D eigenvalue weighted by atomic mass is 16.3. The van der Waals surface area contributed by atoms with E-state index in [1.54, 1.807) is 39.2 Å². The van der Waals surface area contributed by atoms with Crippen LogP contribution in [0.5, 0.6) is 5.75 Å². The molecule has 2 aromatic rings. The number of amides is 1. The molecule has 218 valence electrons. The van der Waals surface area contributed by atoms with Gasteiger partial charge in [0.2, 0.25) is 5.78 Å². The largest absolute Gasteiger partial charge is 0.510 e. The fraction of sp³-hybridized carbons (Fsp3) is 0.344. The van der Waals surface area contributed by atoms with E-state index in [9.17, 15) is 34.8 Å². The van der Waals surface area contributed by atoms with Crippen molar-refractivity contribution in [1.82, 2.24) is 4.90 Å². The Bertz CT molecular complexity index is 1670. The van der Waals surface area contributed by atoms with Crippen LogP contribution in [0.3, 0.4) is 0 Å². The Hall–Kier alpha value is -4.59. The van der Waals surface area contributed by atoms with Gasteiger partial charge in [-0.05, 0) is 63.5 Å². The summed E-state index contributed by atoms with van der Waals surface area (Å²) in [5.41, 5.74) is 4.75. The van der Waals surface area contributed by atoms with Gasteiger partial charge < -0.3 is 31.1 Å². The number of carbonyl (C=O) groups is 3. The van der Waals surface area contributed by atoms with E-state index in [0.717, 1.165) is 5.56 Å². The first-order valence-electron chi connectivity index (χ1n) is 13.5. The molecule has 0 heterocycles. The second-order valence-electron chi connectivity index (χ2n) is 11.6. The lowest BCUT2D eigenvalue weighted by atomic mass is 9.58. The second kappa shape index (κ2) is 10.0. The lowest BCUT2D eigenvalue weighted by Gasteiger charge is -2.50. The van der Waals surface area contributed by atoms with E-state index in [4.69, 9.17) is 5.73 Å². The number of hydrogen-bond acceptors (Lipinski definition) is 9. The Morgan fingerprint density at radius 2 is 1.69 bits per heavy atom. The maximum Gasteiger partial charge on any atom is 0.255 e. The first-order chi connectivity index (χ1) is 19.7. The van der Waals surface area contributed by atoms with E-state index in [1.807, 2.05) is 31.2 Å². The normalized spacial score (nSPS) is 25.0. The Balaban J connectivity index is 1.70. The molecule has 10 nitrogen and oxygen atoms in total. The van der Waals surface area contributed by atoms with E-state index in [-0.39, 0.29) is 35.3 Å². The van der Waals surface area contributed by atoms with Gasteiger partial charge in [-0.25, -0.2) is 0 Å². The van der Waals surface area contributed by atoms with Gasteiger partial charge in [-0.1, -0.05) is 29.5 Å². The molecule has 3 aliphatic carbocycles. The van der Waals surface area contributed by atoms with Gasteiger partial charge in [0.05, 0.1) is 17.2 Å². The number of carbonyl (C=O) groups excluding carboxylic acids is 3. The number of fused-ring (bicyclic) bond motifs is 3. The number of aromatic hydroxyl groups is 1. The third-order valence-corrected chi connectivity index (χ3v) is 8.57. The van der Waals surface area contributed by atoms with Crippen LogP contribution in [0.1, 0.15) is 39.0 Å². The highest BCUT2D eigenvalue weighted by Gasteiger charge is 2.63. The number of likely N-dealkylation sites (N-methyl/N-ethyl adjacent to an activating group) is 1. The van der Waals surface area contributed by atoms with Crippen LogP contribution in [0, 0.1) is 30.6 Å². The number of ketones is 2. The van der Waals surface area contributed by atoms with Crippen molar-refractivity contribution in [2.45, 2.75) is 31.4 Å². The number of rotatable bonds is 3. The van der Waals surface area contributed by atoms with Gasteiger partial charge in [0.25, 0.3) is 5.91 Å². The molecule has 42 heavy (non-hydrogen) atoms. The van der Waals surface area contributed by atoms with Crippen molar-refractivity contribution in [3.8, 4) is 17.6 Å². The molecule has 0 saturated heterocycles. The van der Waals surface area contributed by atoms with Gasteiger partial charge in [-0.3, -0.25) is 19.3 Å². The van der Waals surface area contributed by atoms with Crippen LogP contribution in [0.15, 0.2) is 53.0 Å². The summed E-state index contributed by atoms with van der Waals surface area (Å²) in [7, 11) is 6.78. The maximum absolute atomic E-state index is 14.1. The zero-order valence-electron chi connectivity index (χ0n) is 24.0. The van der Waals surface area contributed by atoms with Crippen LogP contribution in [0.25, 0.3) is 0 Å². The number of Topliss-reactive ketones (excluding diaryl/α,β-unsaturated/α-hetero) is 2. The fourth-order valence-corrected chi connectivity index (χ4v) is 6.57. The highest BCUT2D eigenvalue weighted by molar-refractivity contribution is 6.25. The molecule has 0 spiro atoms. The number of allylic oxidation sites excluding steroid dienone is 1. The molecule has 5 rings (SSSR count). The van der Waals surface area contributed by atoms with Gasteiger partial charge in [0.1, 0.15) is 22.8 Å². The predicted octanol–water partition coefficient (Wildman–Crippen LogP) is 1.89. The molecule has 2 aromatic carbocycles. The van der Waals surface area contributed by atoms with Crippen LogP contribution in [0.2, 0.25) is 0 Å². The first kappa shape index (κ1) is 28.9. The van der Waals surface area contributed by atoms with Gasteiger partial charge in [-0.2, -0.15) is 0 Å². The Kier molecular flexibility index (Phi) is 6.92. The summed E-state index contributed by atoms with van der Waals surface area (Å²) in [6.07, 6.45) is 0.218. The first-order valence-corrected chi connectivity index (χ1v) is 13.5. The van der Waals surface area contributed by atoms with Gasteiger partial charge in [0.15, 0.2) is 11.4 Å². The molecule has 0 unspecified atom stereocenters. The van der Waals surface area contributed by atoms with Crippen molar-refractivity contribution in [1.29, 1.82) is 0 Å². The highest BCUT2D eigenvalue weighted by Crippen LogP contribution is 2.53. The standard InChI is InChI=1S/C32H33N3O7/c1-15-6-8-16(9-7-15)10-11-17-14-21(34(2)3)19-12-18-13-20-25(35(4)5)28(38)24(31(33)41)30(40)32(20,42)29(39)22(18)27(37)23(19)26(17)36/h6-9,14,18,20,25,36,38-39,42H,12-13H2,1-5H3,(H2,33,41)/t18-,20-,25-,32-/m1/s1. The maximum atomic E-state index is 14.1. The lowest BCUT2D eigenvalue weighted by molar-refractivity contribution is -0.148. The molecule has 1 amide bonds. The lowest BCUT2D eigenvalue weighted by Crippen LogP contribution is -2.63. The van der Waals surface area contributed by atoms with Crippen LogP contribution < -0.4 is 10.6 Å². The number of benzene rings is 2. The topological polar surface area (TPSA) is 165 Å². The van der Waals surface area contributed by atoms with Crippen LogP contribution in [-0.4, -0.2) is 82.6 Å². The van der Waals surface area contributed by atoms with E-state index in [1.165, 1.54) is 4.90 Å². The molecule has 0 bridgehead atoms. The number of aliphatic hydroxyl groups is 3. The van der Waals surface area contributed by atoms with Crippen LogP contribution in [-0.2, 0) is 16.0 Å². The summed E-state index contributed by atoms with van der Waals surface area (Å²) in [5.74, 6) is -0.943. The molecule has 0 saturated carbocycles. The van der Waals surface area contributed by atoms with E-state index < -0.39 is 58.0 Å². The van der Waals surface area contributed by atoms with Crippen molar-refractivity contribution in [2.75, 3.05) is 33.1 Å². The smallest absolute Gasteiger partial charge is 0.255 e. The monoisotopic (exact) mass is 571 g/mol. The average Bonchev–Trinajstić information content (AvgIpc) is 2.90. The number of anilines is 1. The van der Waals surface area contributed by atoms with Gasteiger partial charge >= 0.3 is 0 Å². The summed E-state index contributed by atoms with van der Waals surface area (Å²) in [4.78, 5) is 43.1. The number of hydrogen-bond donors (Lipinski definition) is 5. The van der Waals surface area contributed by atoms with E-state index in [0.29, 0.717) is 16.8 Å². The third-order valence-electron chi connectivity index (χ3n) is 8.57. The number of nitrogens with two attached hydrogens (primary N) is 1. The van der Waals surface area contributed by atoms with E-state index in [2.05, 4.69) is 11.8 Å². The molecule has 0 aliphatic heterocycles. The average molecular weight is 572 g/mol. The van der Waals surface area contributed by atoms with Crippen molar-refractivity contribution in [2.24, 2.45) is 17.6 Å². The second-order valence-corrected chi connectivity index (χ2v) is 11.6. The number of phenolic OH excluding ortho intramolecular Hbond substituents is 1. The number of aryl methyl sites for hydroxylation is 1. The number of primary amides is 1. The molecule has 0 radical (unpaired) electrons. The molecule has 3 aliphatic rings. The SMILES string of the molecule is Cc1ccc(C#Cc2cc(N(C)C)c3c(c2O)C(=O)C2=C(O)[C@@]4(O)C(=O)C(C(N)=O)=C(O)[C@H](N(C)C)[C@H]4C[C@H]2C3)cc1. The van der Waals surface area contributed by atoms with Gasteiger partial charge in [-0.15, -0.1) is 0 Å². The number of aliphatic hydroxyl groups excluding tert-OH is 2. The summed E-state index contributed by atoms with van der Waals surface area (Å²) in [6, 6.07) is 8.17. The number of phenols is 1. The summed E-state index contributed by atoms with van der Waals surface area (Å²) < 4.78 is 0. The van der Waals surface area contributed by atoms with Gasteiger partial charge in [0, 0.05) is 36.8 Å². The van der Waals surface area contributed by atoms with Crippen molar-refractivity contribution < 1.29 is 34.8 Å². The predicted molar refractivity (Wildman–Crippen MR) is 155 cm³/mol. The minimum Gasteiger partial charge on any atom is -0.510 e. The zero-order valence-corrected chi connectivity index (χ0v) is 24.0. The van der Waals surface area contributed by atoms with Crippen molar-refractivity contribution in [3.63, 3.8) is 0 Å². The molecule has 6 N–H and O–H groups in total. The Morgan fingerprint density at radius 3 is 2.26 bits per heavy atom. The quantitative estimate of drug-likeness (QED) is 0.273. The molecule has 0 aromatic heterocycles. The summed E-state index contributed by atoms with van der Waals surface area (Å²) >= 11 is 0. The molecular formula is C32H33N3O7.